The van der Waals surface area contributed by atoms with Crippen molar-refractivity contribution in [3.8, 4) is 6.07 Å². The molecule has 1 aromatic heterocycles. The number of carbonyl (C=O) groups excluding carboxylic acids is 1. The normalized spacial score (nSPS) is 14.8. The highest BCUT2D eigenvalue weighted by molar-refractivity contribution is 5.76. The zero-order chi connectivity index (χ0) is 14.2. The van der Waals surface area contributed by atoms with Gasteiger partial charge in [0.25, 0.3) is 0 Å². The van der Waals surface area contributed by atoms with Crippen molar-refractivity contribution in [1.82, 2.24) is 15.2 Å². The molecule has 1 amide bonds. The summed E-state index contributed by atoms with van der Waals surface area (Å²) < 4.78 is 0. The molecular formula is C15H20N4O. The average Bonchev–Trinajstić information content (AvgIpc) is 2.52. The van der Waals surface area contributed by atoms with Crippen molar-refractivity contribution in [3.05, 3.63) is 29.6 Å². The fourth-order valence-electron chi connectivity index (χ4n) is 2.37. The molecule has 1 aromatic rings. The maximum absolute atomic E-state index is 11.9. The lowest BCUT2D eigenvalue weighted by Crippen LogP contribution is -2.37. The molecule has 1 fully saturated rings. The molecule has 1 saturated heterocycles. The average molecular weight is 272 g/mol. The molecule has 0 unspecified atom stereocenters. The molecule has 1 aliphatic rings. The maximum Gasteiger partial charge on any atom is 0.223 e. The largest absolute Gasteiger partial charge is 0.343 e. The number of hydrogen-bond acceptors (Lipinski definition) is 4. The minimum Gasteiger partial charge on any atom is -0.343 e. The van der Waals surface area contributed by atoms with Gasteiger partial charge in [0.1, 0.15) is 11.8 Å². The Labute approximate surface area is 119 Å². The van der Waals surface area contributed by atoms with Crippen molar-refractivity contribution in [3.63, 3.8) is 0 Å². The van der Waals surface area contributed by atoms with Crippen molar-refractivity contribution in [2.45, 2.75) is 32.2 Å². The lowest BCUT2D eigenvalue weighted by Gasteiger charge is -2.26. The van der Waals surface area contributed by atoms with E-state index >= 15 is 0 Å². The molecule has 1 aliphatic heterocycles. The van der Waals surface area contributed by atoms with Crippen LogP contribution in [0.1, 0.15) is 36.9 Å². The Kier molecular flexibility index (Phi) is 5.51. The van der Waals surface area contributed by atoms with Gasteiger partial charge < -0.3 is 10.2 Å². The van der Waals surface area contributed by atoms with Crippen molar-refractivity contribution >= 4 is 5.91 Å². The van der Waals surface area contributed by atoms with Gasteiger partial charge in [0.05, 0.1) is 0 Å². The second kappa shape index (κ2) is 7.61. The molecule has 5 nitrogen and oxygen atoms in total. The Bertz CT molecular complexity index is 489. The highest BCUT2D eigenvalue weighted by Gasteiger charge is 2.15. The topological polar surface area (TPSA) is 69.0 Å². The monoisotopic (exact) mass is 272 g/mol. The second-order valence-electron chi connectivity index (χ2n) is 5.03. The van der Waals surface area contributed by atoms with Crippen LogP contribution in [0.5, 0.6) is 0 Å². The van der Waals surface area contributed by atoms with Crippen LogP contribution in [-0.2, 0) is 11.3 Å². The molecular weight excluding hydrogens is 252 g/mol. The Morgan fingerprint density at radius 3 is 2.95 bits per heavy atom. The predicted molar refractivity (Wildman–Crippen MR) is 75.7 cm³/mol. The third-order valence-electron chi connectivity index (χ3n) is 3.49. The molecule has 5 heteroatoms. The van der Waals surface area contributed by atoms with Crippen LogP contribution in [-0.4, -0.2) is 35.4 Å². The van der Waals surface area contributed by atoms with Crippen molar-refractivity contribution < 1.29 is 4.79 Å². The van der Waals surface area contributed by atoms with Crippen LogP contribution in [0, 0.1) is 11.3 Å². The number of hydrogen-bond donors (Lipinski definition) is 1. The molecule has 2 rings (SSSR count). The van der Waals surface area contributed by atoms with Gasteiger partial charge in [-0.3, -0.25) is 4.79 Å². The fourth-order valence-corrected chi connectivity index (χ4v) is 2.37. The molecule has 0 spiro atoms. The van der Waals surface area contributed by atoms with Crippen LogP contribution in [0.25, 0.3) is 0 Å². The van der Waals surface area contributed by atoms with Crippen molar-refractivity contribution in [2.24, 2.45) is 0 Å². The highest BCUT2D eigenvalue weighted by atomic mass is 16.2. The summed E-state index contributed by atoms with van der Waals surface area (Å²) in [7, 11) is 0. The van der Waals surface area contributed by atoms with Gasteiger partial charge in [0, 0.05) is 38.8 Å². The van der Waals surface area contributed by atoms with Crippen LogP contribution in [0.2, 0.25) is 0 Å². The number of nitriles is 1. The Morgan fingerprint density at radius 2 is 2.20 bits per heavy atom. The van der Waals surface area contributed by atoms with Crippen LogP contribution < -0.4 is 5.32 Å². The van der Waals surface area contributed by atoms with E-state index in [1.807, 2.05) is 17.0 Å². The molecule has 2 heterocycles. The molecule has 20 heavy (non-hydrogen) atoms. The van der Waals surface area contributed by atoms with Crippen molar-refractivity contribution in [1.29, 1.82) is 5.26 Å². The van der Waals surface area contributed by atoms with Gasteiger partial charge in [0.2, 0.25) is 5.91 Å². The lowest BCUT2D eigenvalue weighted by molar-refractivity contribution is -0.131. The molecule has 0 aromatic carbocycles. The van der Waals surface area contributed by atoms with Gasteiger partial charge in [-0.2, -0.15) is 5.26 Å². The van der Waals surface area contributed by atoms with E-state index in [1.165, 1.54) is 6.42 Å². The number of likely N-dealkylation sites (tertiary alicyclic amines) is 1. The number of pyridine rings is 1. The Balaban J connectivity index is 1.68. The number of carbonyl (C=O) groups is 1. The van der Waals surface area contributed by atoms with Gasteiger partial charge in [-0.15, -0.1) is 0 Å². The molecule has 1 N–H and O–H groups in total. The third kappa shape index (κ3) is 4.32. The lowest BCUT2D eigenvalue weighted by atomic mass is 10.1. The van der Waals surface area contributed by atoms with E-state index < -0.39 is 0 Å². The summed E-state index contributed by atoms with van der Waals surface area (Å²) in [5, 5.41) is 12.0. The molecule has 0 aliphatic carbocycles. The van der Waals surface area contributed by atoms with E-state index in [0.29, 0.717) is 25.2 Å². The number of nitrogens with one attached hydrogen (secondary N) is 1. The minimum absolute atomic E-state index is 0.240. The summed E-state index contributed by atoms with van der Waals surface area (Å²) >= 11 is 0. The van der Waals surface area contributed by atoms with Crippen molar-refractivity contribution in [2.75, 3.05) is 19.6 Å². The van der Waals surface area contributed by atoms with E-state index in [0.717, 1.165) is 31.5 Å². The molecule has 0 radical (unpaired) electrons. The first-order valence-electron chi connectivity index (χ1n) is 7.13. The standard InChI is InChI=1S/C15H20N4O/c16-11-14-10-13(4-7-18-14)12-17-6-5-15(20)19-8-2-1-3-9-19/h4,7,10,17H,1-3,5-6,8-9,12H2. The number of nitrogens with zero attached hydrogens (tertiary/aromatic N) is 3. The molecule has 106 valence electrons. The first kappa shape index (κ1) is 14.5. The van der Waals surface area contributed by atoms with E-state index in [-0.39, 0.29) is 5.91 Å². The Morgan fingerprint density at radius 1 is 1.40 bits per heavy atom. The summed E-state index contributed by atoms with van der Waals surface area (Å²) in [6, 6.07) is 5.66. The number of piperidine rings is 1. The quantitative estimate of drug-likeness (QED) is 0.824. The third-order valence-corrected chi connectivity index (χ3v) is 3.49. The SMILES string of the molecule is N#Cc1cc(CNCCC(=O)N2CCCCC2)ccn1. The van der Waals surface area contributed by atoms with Gasteiger partial charge >= 0.3 is 0 Å². The molecule has 0 saturated carbocycles. The first-order valence-corrected chi connectivity index (χ1v) is 7.13. The predicted octanol–water partition coefficient (Wildman–Crippen LogP) is 1.45. The Hall–Kier alpha value is -1.93. The first-order chi connectivity index (χ1) is 9.79. The molecule has 0 atom stereocenters. The summed E-state index contributed by atoms with van der Waals surface area (Å²) in [5.74, 6) is 0.240. The molecule has 0 bridgehead atoms. The summed E-state index contributed by atoms with van der Waals surface area (Å²) in [5.41, 5.74) is 1.44. The van der Waals surface area contributed by atoms with Gasteiger partial charge in [0.15, 0.2) is 0 Å². The fraction of sp³-hybridized carbons (Fsp3) is 0.533. The zero-order valence-corrected chi connectivity index (χ0v) is 11.6. The summed E-state index contributed by atoms with van der Waals surface area (Å²) in [6.07, 6.45) is 5.68. The van der Waals surface area contributed by atoms with Gasteiger partial charge in [-0.25, -0.2) is 4.98 Å². The van der Waals surface area contributed by atoms with Crippen LogP contribution >= 0.6 is 0 Å². The van der Waals surface area contributed by atoms with E-state index in [2.05, 4.69) is 10.3 Å². The minimum atomic E-state index is 0.240. The summed E-state index contributed by atoms with van der Waals surface area (Å²) in [6.45, 7) is 3.15. The van der Waals surface area contributed by atoms with E-state index in [4.69, 9.17) is 5.26 Å². The second-order valence-corrected chi connectivity index (χ2v) is 5.03. The van der Waals surface area contributed by atoms with Gasteiger partial charge in [-0.1, -0.05) is 0 Å². The number of amides is 1. The van der Waals surface area contributed by atoms with E-state index in [1.54, 1.807) is 12.3 Å². The van der Waals surface area contributed by atoms with Gasteiger partial charge in [-0.05, 0) is 37.0 Å². The van der Waals surface area contributed by atoms with Crippen LogP contribution in [0.4, 0.5) is 0 Å². The summed E-state index contributed by atoms with van der Waals surface area (Å²) in [4.78, 5) is 17.8. The highest BCUT2D eigenvalue weighted by Crippen LogP contribution is 2.09. The zero-order valence-electron chi connectivity index (χ0n) is 11.6. The smallest absolute Gasteiger partial charge is 0.223 e. The van der Waals surface area contributed by atoms with Crippen LogP contribution in [0.3, 0.4) is 0 Å². The maximum atomic E-state index is 11.9. The number of aromatic nitrogens is 1. The van der Waals surface area contributed by atoms with Crippen LogP contribution in [0.15, 0.2) is 18.3 Å². The van der Waals surface area contributed by atoms with E-state index in [9.17, 15) is 4.79 Å². The number of rotatable bonds is 5.